The molecule has 8 aromatic rings. The summed E-state index contributed by atoms with van der Waals surface area (Å²) in [4.78, 5) is 9.65. The molecule has 0 fully saturated rings. The third-order valence-electron chi connectivity index (χ3n) is 7.28. The van der Waals surface area contributed by atoms with E-state index in [-0.39, 0.29) is 0 Å². The Hall–Kier alpha value is -5.00. The SMILES string of the molecule is c1ccc(-c2cc(-n3c4ccccc4c4ccc(-c5nc6ccccc6s5)cc43)ccc2-n2cccc2)nc1. The van der Waals surface area contributed by atoms with Crippen molar-refractivity contribution in [3.05, 3.63) is 134 Å². The van der Waals surface area contributed by atoms with Crippen molar-refractivity contribution < 1.29 is 0 Å². The summed E-state index contributed by atoms with van der Waals surface area (Å²) in [6.45, 7) is 0. The van der Waals surface area contributed by atoms with Gasteiger partial charge in [0, 0.05) is 46.2 Å². The number of fused-ring (bicyclic) bond motifs is 4. The number of rotatable bonds is 4. The number of thiazole rings is 1. The van der Waals surface area contributed by atoms with E-state index in [1.54, 1.807) is 11.3 Å². The van der Waals surface area contributed by atoms with Crippen LogP contribution in [0.2, 0.25) is 0 Å². The van der Waals surface area contributed by atoms with E-state index in [2.05, 4.69) is 106 Å². The predicted molar refractivity (Wildman–Crippen MR) is 162 cm³/mol. The molecule has 0 unspecified atom stereocenters. The normalized spacial score (nSPS) is 11.6. The Labute approximate surface area is 229 Å². The standard InChI is InChI=1S/C34H22N4S/c1-3-12-31-25(9-1)26-16-14-23(34-36-29-11-2-4-13-33(29)39-34)21-32(26)38(31)24-15-17-30(37-19-7-8-20-37)27(22-24)28-10-5-6-18-35-28/h1-22H. The van der Waals surface area contributed by atoms with Crippen molar-refractivity contribution in [2.24, 2.45) is 0 Å². The molecule has 0 radical (unpaired) electrons. The summed E-state index contributed by atoms with van der Waals surface area (Å²) in [5, 5.41) is 3.49. The third kappa shape index (κ3) is 3.59. The molecule has 0 amide bonds. The zero-order valence-corrected chi connectivity index (χ0v) is 21.7. The van der Waals surface area contributed by atoms with E-state index < -0.39 is 0 Å². The van der Waals surface area contributed by atoms with Crippen molar-refractivity contribution in [2.75, 3.05) is 0 Å². The van der Waals surface area contributed by atoms with Gasteiger partial charge in [0.05, 0.1) is 32.6 Å². The number of hydrogen-bond donors (Lipinski definition) is 0. The molecule has 8 rings (SSSR count). The molecule has 0 saturated carbocycles. The monoisotopic (exact) mass is 518 g/mol. The fraction of sp³-hybridized carbons (Fsp3) is 0. The Morgan fingerprint density at radius 1 is 0.641 bits per heavy atom. The molecule has 4 heterocycles. The summed E-state index contributed by atoms with van der Waals surface area (Å²) in [5.41, 5.74) is 8.72. The second-order valence-corrected chi connectivity index (χ2v) is 10.6. The number of hydrogen-bond acceptors (Lipinski definition) is 3. The first-order valence-corrected chi connectivity index (χ1v) is 13.7. The minimum absolute atomic E-state index is 0.944. The lowest BCUT2D eigenvalue weighted by Crippen LogP contribution is -2.00. The van der Waals surface area contributed by atoms with Gasteiger partial charge in [0.1, 0.15) is 5.01 Å². The van der Waals surface area contributed by atoms with E-state index in [1.165, 1.54) is 21.0 Å². The fourth-order valence-corrected chi connectivity index (χ4v) is 6.45. The van der Waals surface area contributed by atoms with Crippen LogP contribution in [0.1, 0.15) is 0 Å². The van der Waals surface area contributed by atoms with Gasteiger partial charge in [-0.2, -0.15) is 0 Å². The zero-order valence-electron chi connectivity index (χ0n) is 20.9. The van der Waals surface area contributed by atoms with E-state index in [0.29, 0.717) is 0 Å². The maximum Gasteiger partial charge on any atom is 0.124 e. The third-order valence-corrected chi connectivity index (χ3v) is 8.36. The number of para-hydroxylation sites is 2. The number of pyridine rings is 1. The Morgan fingerprint density at radius 3 is 2.33 bits per heavy atom. The van der Waals surface area contributed by atoms with Crippen LogP contribution in [0, 0.1) is 0 Å². The highest BCUT2D eigenvalue weighted by molar-refractivity contribution is 7.21. The molecule has 0 N–H and O–H groups in total. The predicted octanol–water partition coefficient (Wildman–Crippen LogP) is 8.91. The minimum atomic E-state index is 0.944. The number of aromatic nitrogens is 4. The highest BCUT2D eigenvalue weighted by Crippen LogP contribution is 2.38. The topological polar surface area (TPSA) is 35.6 Å². The summed E-state index contributed by atoms with van der Waals surface area (Å²) < 4.78 is 5.71. The van der Waals surface area contributed by atoms with Gasteiger partial charge in [-0.3, -0.25) is 4.98 Å². The molecule has 5 heteroatoms. The molecule has 0 saturated heterocycles. The Kier molecular flexibility index (Phi) is 4.96. The smallest absolute Gasteiger partial charge is 0.124 e. The first kappa shape index (κ1) is 22.0. The molecular weight excluding hydrogens is 496 g/mol. The molecule has 0 aliphatic rings. The molecule has 4 aromatic heterocycles. The van der Waals surface area contributed by atoms with E-state index in [4.69, 9.17) is 9.97 Å². The second kappa shape index (κ2) is 8.79. The largest absolute Gasteiger partial charge is 0.323 e. The molecule has 0 spiro atoms. The van der Waals surface area contributed by atoms with Crippen LogP contribution >= 0.6 is 11.3 Å². The average Bonchev–Trinajstić information content (AvgIpc) is 3.75. The van der Waals surface area contributed by atoms with E-state index in [0.717, 1.165) is 44.2 Å². The summed E-state index contributed by atoms with van der Waals surface area (Å²) in [7, 11) is 0. The van der Waals surface area contributed by atoms with Crippen LogP contribution in [-0.4, -0.2) is 19.1 Å². The quantitative estimate of drug-likeness (QED) is 0.233. The van der Waals surface area contributed by atoms with Crippen LogP contribution in [0.3, 0.4) is 0 Å². The van der Waals surface area contributed by atoms with E-state index in [1.807, 2.05) is 36.5 Å². The summed E-state index contributed by atoms with van der Waals surface area (Å²) >= 11 is 1.74. The van der Waals surface area contributed by atoms with E-state index in [9.17, 15) is 0 Å². The van der Waals surface area contributed by atoms with Crippen molar-refractivity contribution >= 4 is 43.4 Å². The van der Waals surface area contributed by atoms with Gasteiger partial charge < -0.3 is 9.13 Å². The second-order valence-electron chi connectivity index (χ2n) is 9.58. The van der Waals surface area contributed by atoms with Gasteiger partial charge in [-0.25, -0.2) is 4.98 Å². The molecule has 0 bridgehead atoms. The first-order chi connectivity index (χ1) is 19.3. The molecule has 0 atom stereocenters. The Balaban J connectivity index is 1.39. The van der Waals surface area contributed by atoms with Gasteiger partial charge in [0.2, 0.25) is 0 Å². The van der Waals surface area contributed by atoms with Gasteiger partial charge in [-0.15, -0.1) is 11.3 Å². The lowest BCUT2D eigenvalue weighted by molar-refractivity contribution is 1.07. The first-order valence-electron chi connectivity index (χ1n) is 12.9. The lowest BCUT2D eigenvalue weighted by Gasteiger charge is -2.15. The maximum atomic E-state index is 4.94. The molecule has 4 aromatic carbocycles. The summed E-state index contributed by atoms with van der Waals surface area (Å²) in [6, 6.07) is 40.5. The minimum Gasteiger partial charge on any atom is -0.323 e. The molecule has 184 valence electrons. The fourth-order valence-electron chi connectivity index (χ4n) is 5.49. The van der Waals surface area contributed by atoms with Crippen molar-refractivity contribution in [2.45, 2.75) is 0 Å². The van der Waals surface area contributed by atoms with Gasteiger partial charge in [0.15, 0.2) is 0 Å². The van der Waals surface area contributed by atoms with E-state index >= 15 is 0 Å². The van der Waals surface area contributed by atoms with Crippen LogP contribution in [-0.2, 0) is 0 Å². The van der Waals surface area contributed by atoms with Crippen molar-refractivity contribution in [3.8, 4) is 33.2 Å². The van der Waals surface area contributed by atoms with Crippen molar-refractivity contribution in [1.29, 1.82) is 0 Å². The van der Waals surface area contributed by atoms with Crippen LogP contribution in [0.4, 0.5) is 0 Å². The van der Waals surface area contributed by atoms with Gasteiger partial charge in [-0.05, 0) is 66.7 Å². The Bertz CT molecular complexity index is 2090. The highest BCUT2D eigenvalue weighted by Gasteiger charge is 2.17. The zero-order chi connectivity index (χ0) is 25.8. The molecular formula is C34H22N4S. The van der Waals surface area contributed by atoms with Crippen molar-refractivity contribution in [3.63, 3.8) is 0 Å². The molecule has 0 aliphatic carbocycles. The van der Waals surface area contributed by atoms with Gasteiger partial charge in [-0.1, -0.05) is 48.5 Å². The van der Waals surface area contributed by atoms with Crippen molar-refractivity contribution in [1.82, 2.24) is 19.1 Å². The maximum absolute atomic E-state index is 4.94. The molecule has 39 heavy (non-hydrogen) atoms. The number of benzene rings is 4. The van der Waals surface area contributed by atoms with Gasteiger partial charge >= 0.3 is 0 Å². The lowest BCUT2D eigenvalue weighted by atomic mass is 10.1. The van der Waals surface area contributed by atoms with Crippen LogP contribution in [0.15, 0.2) is 134 Å². The molecule has 0 aliphatic heterocycles. The van der Waals surface area contributed by atoms with Gasteiger partial charge in [0.25, 0.3) is 0 Å². The van der Waals surface area contributed by atoms with Crippen LogP contribution in [0.25, 0.3) is 65.2 Å². The molecule has 4 nitrogen and oxygen atoms in total. The summed E-state index contributed by atoms with van der Waals surface area (Å²) in [5.74, 6) is 0. The summed E-state index contributed by atoms with van der Waals surface area (Å²) in [6.07, 6.45) is 6.00. The number of nitrogens with zero attached hydrogens (tertiary/aromatic N) is 4. The Morgan fingerprint density at radius 2 is 1.46 bits per heavy atom. The highest BCUT2D eigenvalue weighted by atomic mass is 32.1. The van der Waals surface area contributed by atoms with Crippen LogP contribution in [0.5, 0.6) is 0 Å². The average molecular weight is 519 g/mol. The van der Waals surface area contributed by atoms with Crippen LogP contribution < -0.4 is 0 Å².